The van der Waals surface area contributed by atoms with Crippen molar-refractivity contribution in [2.24, 2.45) is 0 Å². The highest BCUT2D eigenvalue weighted by atomic mass is 15.4. The van der Waals surface area contributed by atoms with Crippen molar-refractivity contribution in [1.29, 1.82) is 5.26 Å². The minimum Gasteiger partial charge on any atom is -0.354 e. The van der Waals surface area contributed by atoms with E-state index in [9.17, 15) is 5.26 Å². The molecule has 0 bridgehead atoms. The average molecular weight is 372 g/mol. The molecule has 4 aromatic rings. The fourth-order valence-electron chi connectivity index (χ4n) is 3.57. The van der Waals surface area contributed by atoms with Crippen LogP contribution < -0.4 is 4.90 Å². The van der Waals surface area contributed by atoms with Gasteiger partial charge in [0, 0.05) is 43.8 Å². The fraction of sp³-hybridized carbons (Fsp3) is 0.278. The Morgan fingerprint density at radius 3 is 2.68 bits per heavy atom. The van der Waals surface area contributed by atoms with Crippen LogP contribution in [-0.2, 0) is 0 Å². The molecular weight excluding hydrogens is 356 g/mol. The lowest BCUT2D eigenvalue weighted by molar-refractivity contribution is 0.474. The van der Waals surface area contributed by atoms with Gasteiger partial charge in [-0.1, -0.05) is 0 Å². The molecule has 0 unspecified atom stereocenters. The van der Waals surface area contributed by atoms with E-state index in [0.29, 0.717) is 23.0 Å². The van der Waals surface area contributed by atoms with Crippen LogP contribution in [0.15, 0.2) is 43.0 Å². The first-order chi connectivity index (χ1) is 13.8. The van der Waals surface area contributed by atoms with E-state index in [1.165, 1.54) is 0 Å². The van der Waals surface area contributed by atoms with Crippen molar-refractivity contribution in [1.82, 2.24) is 39.6 Å². The first-order valence-corrected chi connectivity index (χ1v) is 9.02. The molecule has 1 fully saturated rings. The molecule has 0 aromatic carbocycles. The van der Waals surface area contributed by atoms with Crippen LogP contribution >= 0.6 is 0 Å². The second-order valence-corrected chi connectivity index (χ2v) is 6.57. The van der Waals surface area contributed by atoms with Crippen molar-refractivity contribution in [3.05, 3.63) is 54.5 Å². The minimum absolute atomic E-state index is 0.230. The van der Waals surface area contributed by atoms with Gasteiger partial charge >= 0.3 is 0 Å². The Kier molecular flexibility index (Phi) is 3.90. The Bertz CT molecular complexity index is 1150. The number of rotatable bonds is 3. The summed E-state index contributed by atoms with van der Waals surface area (Å²) < 4.78 is 3.52. The minimum atomic E-state index is 0.230. The molecule has 0 atom stereocenters. The normalized spacial score (nSPS) is 15.0. The van der Waals surface area contributed by atoms with Crippen molar-refractivity contribution < 1.29 is 0 Å². The number of hydrogen-bond donors (Lipinski definition) is 0. The number of piperidine rings is 1. The van der Waals surface area contributed by atoms with E-state index in [-0.39, 0.29) is 5.92 Å². The van der Waals surface area contributed by atoms with Gasteiger partial charge in [-0.05, 0) is 31.0 Å². The van der Waals surface area contributed by atoms with Gasteiger partial charge in [-0.3, -0.25) is 0 Å². The maximum atomic E-state index is 9.26. The molecule has 5 heterocycles. The van der Waals surface area contributed by atoms with Gasteiger partial charge in [0.25, 0.3) is 0 Å². The molecule has 0 spiro atoms. The summed E-state index contributed by atoms with van der Waals surface area (Å²) in [6.45, 7) is 1.54. The smallest absolute Gasteiger partial charge is 0.183 e. The quantitative estimate of drug-likeness (QED) is 0.529. The molecule has 0 N–H and O–H groups in total. The van der Waals surface area contributed by atoms with E-state index in [0.717, 1.165) is 31.8 Å². The topological polar surface area (TPSA) is 114 Å². The molecule has 0 amide bonds. The molecular formula is C18H16N10. The summed E-state index contributed by atoms with van der Waals surface area (Å²) in [4.78, 5) is 10.5. The molecule has 0 aliphatic carbocycles. The SMILES string of the molecule is N#Cc1nccnc1N1CCC(c2nnc3ccc(-n4cccn4)nn23)CC1. The third kappa shape index (κ3) is 2.73. The summed E-state index contributed by atoms with van der Waals surface area (Å²) in [5.74, 6) is 2.44. The molecule has 10 heteroatoms. The molecule has 1 aliphatic heterocycles. The van der Waals surface area contributed by atoms with Crippen molar-refractivity contribution in [3.63, 3.8) is 0 Å². The summed E-state index contributed by atoms with van der Waals surface area (Å²) in [5, 5.41) is 26.8. The van der Waals surface area contributed by atoms with Crippen molar-refractivity contribution in [2.45, 2.75) is 18.8 Å². The third-order valence-electron chi connectivity index (χ3n) is 4.96. The highest BCUT2D eigenvalue weighted by Gasteiger charge is 2.27. The maximum Gasteiger partial charge on any atom is 0.183 e. The number of nitrogens with zero attached hydrogens (tertiary/aromatic N) is 10. The summed E-state index contributed by atoms with van der Waals surface area (Å²) in [7, 11) is 0. The second kappa shape index (κ2) is 6.70. The maximum absolute atomic E-state index is 9.26. The van der Waals surface area contributed by atoms with Crippen molar-refractivity contribution in [3.8, 4) is 11.9 Å². The van der Waals surface area contributed by atoms with Crippen molar-refractivity contribution >= 4 is 11.5 Å². The van der Waals surface area contributed by atoms with Crippen LogP contribution in [0.25, 0.3) is 11.5 Å². The Morgan fingerprint density at radius 2 is 1.89 bits per heavy atom. The van der Waals surface area contributed by atoms with Gasteiger partial charge < -0.3 is 4.90 Å². The zero-order valence-electron chi connectivity index (χ0n) is 14.9. The van der Waals surface area contributed by atoms with E-state index in [1.807, 2.05) is 24.4 Å². The summed E-state index contributed by atoms with van der Waals surface area (Å²) in [5.41, 5.74) is 1.08. The van der Waals surface area contributed by atoms with Gasteiger partial charge in [-0.25, -0.2) is 14.6 Å². The lowest BCUT2D eigenvalue weighted by atomic mass is 9.96. The lowest BCUT2D eigenvalue weighted by Crippen LogP contribution is -2.34. The molecule has 1 aliphatic rings. The predicted octanol–water partition coefficient (Wildman–Crippen LogP) is 1.36. The van der Waals surface area contributed by atoms with Crippen LogP contribution in [0.3, 0.4) is 0 Å². The van der Waals surface area contributed by atoms with E-state index in [4.69, 9.17) is 0 Å². The van der Waals surface area contributed by atoms with E-state index in [2.05, 4.69) is 41.3 Å². The van der Waals surface area contributed by atoms with Crippen LogP contribution in [-0.4, -0.2) is 52.6 Å². The van der Waals surface area contributed by atoms with E-state index < -0.39 is 0 Å². The molecule has 28 heavy (non-hydrogen) atoms. The van der Waals surface area contributed by atoms with Gasteiger partial charge in [0.05, 0.1) is 0 Å². The van der Waals surface area contributed by atoms with Crippen LogP contribution in [0.1, 0.15) is 30.3 Å². The Balaban J connectivity index is 1.40. The van der Waals surface area contributed by atoms with Gasteiger partial charge in [0.2, 0.25) is 0 Å². The standard InChI is InChI=1S/C18H16N10/c19-12-14-18(21-8-7-20-14)26-10-4-13(5-11-26)17-24-23-15-2-3-16(25-28(15)17)27-9-1-6-22-27/h1-3,6-9,13H,4-5,10-11H2. The van der Waals surface area contributed by atoms with Gasteiger partial charge in [0.1, 0.15) is 6.07 Å². The van der Waals surface area contributed by atoms with Gasteiger partial charge in [0.15, 0.2) is 28.8 Å². The molecule has 0 saturated carbocycles. The highest BCUT2D eigenvalue weighted by Crippen LogP contribution is 2.29. The molecule has 138 valence electrons. The van der Waals surface area contributed by atoms with Crippen LogP contribution in [0.2, 0.25) is 0 Å². The molecule has 4 aromatic heterocycles. The van der Waals surface area contributed by atoms with E-state index in [1.54, 1.807) is 27.8 Å². The number of aromatic nitrogens is 8. The highest BCUT2D eigenvalue weighted by molar-refractivity contribution is 5.50. The first-order valence-electron chi connectivity index (χ1n) is 9.02. The first kappa shape index (κ1) is 16.3. The van der Waals surface area contributed by atoms with Gasteiger partial charge in [-0.2, -0.15) is 14.9 Å². The summed E-state index contributed by atoms with van der Waals surface area (Å²) >= 11 is 0. The fourth-order valence-corrected chi connectivity index (χ4v) is 3.57. The van der Waals surface area contributed by atoms with E-state index >= 15 is 0 Å². The average Bonchev–Trinajstić information content (AvgIpc) is 3.43. The number of anilines is 1. The number of fused-ring (bicyclic) bond motifs is 1. The molecule has 5 rings (SSSR count). The Labute approximate surface area is 160 Å². The number of nitriles is 1. The Morgan fingerprint density at radius 1 is 1.04 bits per heavy atom. The van der Waals surface area contributed by atoms with Crippen LogP contribution in [0.5, 0.6) is 0 Å². The molecule has 0 radical (unpaired) electrons. The molecule has 10 nitrogen and oxygen atoms in total. The second-order valence-electron chi connectivity index (χ2n) is 6.57. The predicted molar refractivity (Wildman–Crippen MR) is 98.8 cm³/mol. The summed E-state index contributed by atoms with van der Waals surface area (Å²) in [6, 6.07) is 7.75. The third-order valence-corrected chi connectivity index (χ3v) is 4.96. The number of hydrogen-bond acceptors (Lipinski definition) is 8. The molecule has 1 saturated heterocycles. The zero-order chi connectivity index (χ0) is 18.9. The van der Waals surface area contributed by atoms with Gasteiger partial charge in [-0.15, -0.1) is 15.3 Å². The monoisotopic (exact) mass is 372 g/mol. The lowest BCUT2D eigenvalue weighted by Gasteiger charge is -2.31. The Hall–Kier alpha value is -3.87. The zero-order valence-corrected chi connectivity index (χ0v) is 14.9. The van der Waals surface area contributed by atoms with Crippen molar-refractivity contribution in [2.75, 3.05) is 18.0 Å². The largest absolute Gasteiger partial charge is 0.354 e. The summed E-state index contributed by atoms with van der Waals surface area (Å²) in [6.07, 6.45) is 8.47. The van der Waals surface area contributed by atoms with Crippen LogP contribution in [0.4, 0.5) is 5.82 Å². The van der Waals surface area contributed by atoms with Crippen LogP contribution in [0, 0.1) is 11.3 Å².